The van der Waals surface area contributed by atoms with Crippen LogP contribution in [0.25, 0.3) is 0 Å². The maximum atomic E-state index is 12.3. The molecule has 0 N–H and O–H groups in total. The Hall–Kier alpha value is -1.16. The standard InChI is InChI=1S/C15H22N2OS/c1-11(2)14-16-13(10-19-14)9-17(3)15(18)12-7-5-4-6-8-12/h4-5,10-12H,6-9H2,1-3H3. The molecule has 0 aliphatic heterocycles. The molecule has 0 fully saturated rings. The van der Waals surface area contributed by atoms with E-state index in [1.54, 1.807) is 11.3 Å². The van der Waals surface area contributed by atoms with Crippen LogP contribution in [0.5, 0.6) is 0 Å². The van der Waals surface area contributed by atoms with Crippen LogP contribution in [0.2, 0.25) is 0 Å². The summed E-state index contributed by atoms with van der Waals surface area (Å²) in [4.78, 5) is 18.7. The Bertz CT molecular complexity index is 464. The predicted molar refractivity (Wildman–Crippen MR) is 79.2 cm³/mol. The van der Waals surface area contributed by atoms with Crippen molar-refractivity contribution in [3.63, 3.8) is 0 Å². The number of amides is 1. The summed E-state index contributed by atoms with van der Waals surface area (Å²) >= 11 is 1.69. The van der Waals surface area contributed by atoms with E-state index in [1.165, 1.54) is 0 Å². The first kappa shape index (κ1) is 14.3. The average molecular weight is 278 g/mol. The molecule has 1 aromatic heterocycles. The van der Waals surface area contributed by atoms with Crippen molar-refractivity contribution in [1.82, 2.24) is 9.88 Å². The fourth-order valence-corrected chi connectivity index (χ4v) is 3.14. The molecular formula is C15H22N2OS. The molecule has 0 bridgehead atoms. The number of rotatable bonds is 4. The molecule has 1 aliphatic rings. The van der Waals surface area contributed by atoms with E-state index in [9.17, 15) is 4.79 Å². The fourth-order valence-electron chi connectivity index (χ4n) is 2.31. The molecule has 1 aliphatic carbocycles. The number of hydrogen-bond acceptors (Lipinski definition) is 3. The van der Waals surface area contributed by atoms with Crippen LogP contribution in [0, 0.1) is 5.92 Å². The van der Waals surface area contributed by atoms with Crippen molar-refractivity contribution < 1.29 is 4.79 Å². The van der Waals surface area contributed by atoms with Gasteiger partial charge in [-0.05, 0) is 19.3 Å². The first-order valence-corrected chi connectivity index (χ1v) is 7.80. The van der Waals surface area contributed by atoms with Crippen LogP contribution in [0.3, 0.4) is 0 Å². The molecule has 0 spiro atoms. The van der Waals surface area contributed by atoms with Crippen LogP contribution in [0.1, 0.15) is 49.7 Å². The minimum absolute atomic E-state index is 0.165. The highest BCUT2D eigenvalue weighted by atomic mass is 32.1. The van der Waals surface area contributed by atoms with Gasteiger partial charge in [0.05, 0.1) is 17.2 Å². The highest BCUT2D eigenvalue weighted by molar-refractivity contribution is 7.09. The minimum atomic E-state index is 0.165. The Morgan fingerprint density at radius 2 is 2.32 bits per heavy atom. The SMILES string of the molecule is CC(C)c1nc(CN(C)C(=O)C2CC=CCC2)cs1. The van der Waals surface area contributed by atoms with Crippen molar-refractivity contribution in [3.05, 3.63) is 28.2 Å². The number of carbonyl (C=O) groups excluding carboxylic acids is 1. The largest absolute Gasteiger partial charge is 0.340 e. The summed E-state index contributed by atoms with van der Waals surface area (Å²) in [6, 6.07) is 0. The second kappa shape index (κ2) is 6.33. The van der Waals surface area contributed by atoms with Crippen LogP contribution >= 0.6 is 11.3 Å². The topological polar surface area (TPSA) is 33.2 Å². The fraction of sp³-hybridized carbons (Fsp3) is 0.600. The Labute approximate surface area is 119 Å². The Kier molecular flexibility index (Phi) is 4.75. The van der Waals surface area contributed by atoms with Gasteiger partial charge in [0.25, 0.3) is 0 Å². The molecule has 1 unspecified atom stereocenters. The maximum Gasteiger partial charge on any atom is 0.226 e. The van der Waals surface area contributed by atoms with Crippen molar-refractivity contribution in [2.24, 2.45) is 5.92 Å². The molecule has 1 amide bonds. The van der Waals surface area contributed by atoms with E-state index in [0.29, 0.717) is 12.5 Å². The van der Waals surface area contributed by atoms with E-state index in [0.717, 1.165) is 30.0 Å². The zero-order chi connectivity index (χ0) is 13.8. The minimum Gasteiger partial charge on any atom is -0.340 e. The van der Waals surface area contributed by atoms with Gasteiger partial charge >= 0.3 is 0 Å². The molecule has 104 valence electrons. The summed E-state index contributed by atoms with van der Waals surface area (Å²) in [7, 11) is 1.88. The summed E-state index contributed by atoms with van der Waals surface area (Å²) in [5, 5.41) is 3.22. The molecule has 0 saturated carbocycles. The van der Waals surface area contributed by atoms with E-state index in [2.05, 4.69) is 36.4 Å². The molecule has 0 aromatic carbocycles. The summed E-state index contributed by atoms with van der Waals surface area (Å²) in [5.74, 6) is 0.880. The van der Waals surface area contributed by atoms with Gasteiger partial charge in [0.2, 0.25) is 5.91 Å². The van der Waals surface area contributed by atoms with Crippen molar-refractivity contribution >= 4 is 17.2 Å². The molecule has 1 heterocycles. The highest BCUT2D eigenvalue weighted by Gasteiger charge is 2.22. The summed E-state index contributed by atoms with van der Waals surface area (Å²) in [5.41, 5.74) is 1.01. The van der Waals surface area contributed by atoms with Crippen molar-refractivity contribution in [1.29, 1.82) is 0 Å². The molecule has 0 radical (unpaired) electrons. The third kappa shape index (κ3) is 3.66. The van der Waals surface area contributed by atoms with Crippen molar-refractivity contribution in [2.45, 2.75) is 45.6 Å². The van der Waals surface area contributed by atoms with Gasteiger partial charge in [-0.2, -0.15) is 0 Å². The lowest BCUT2D eigenvalue weighted by Crippen LogP contribution is -2.33. The third-order valence-electron chi connectivity index (χ3n) is 3.46. The second-order valence-corrected chi connectivity index (χ2v) is 6.40. The molecular weight excluding hydrogens is 256 g/mol. The maximum absolute atomic E-state index is 12.3. The molecule has 19 heavy (non-hydrogen) atoms. The first-order valence-electron chi connectivity index (χ1n) is 6.92. The third-order valence-corrected chi connectivity index (χ3v) is 4.65. The van der Waals surface area contributed by atoms with Gasteiger partial charge in [0.15, 0.2) is 0 Å². The van der Waals surface area contributed by atoms with E-state index in [1.807, 2.05) is 11.9 Å². The zero-order valence-electron chi connectivity index (χ0n) is 11.9. The van der Waals surface area contributed by atoms with E-state index in [-0.39, 0.29) is 11.8 Å². The van der Waals surface area contributed by atoms with E-state index >= 15 is 0 Å². The lowest BCUT2D eigenvalue weighted by atomic mass is 9.93. The Morgan fingerprint density at radius 3 is 2.89 bits per heavy atom. The molecule has 2 rings (SSSR count). The normalized spacial score (nSPS) is 18.8. The lowest BCUT2D eigenvalue weighted by molar-refractivity contribution is -0.135. The second-order valence-electron chi connectivity index (χ2n) is 5.51. The average Bonchev–Trinajstić information content (AvgIpc) is 2.87. The van der Waals surface area contributed by atoms with Gasteiger partial charge in [-0.25, -0.2) is 4.98 Å². The van der Waals surface area contributed by atoms with Crippen LogP contribution in [0.15, 0.2) is 17.5 Å². The van der Waals surface area contributed by atoms with Crippen LogP contribution in [-0.4, -0.2) is 22.8 Å². The summed E-state index contributed by atoms with van der Waals surface area (Å²) < 4.78 is 0. The van der Waals surface area contributed by atoms with Crippen LogP contribution in [0.4, 0.5) is 0 Å². The van der Waals surface area contributed by atoms with E-state index in [4.69, 9.17) is 0 Å². The number of carbonyl (C=O) groups is 1. The first-order chi connectivity index (χ1) is 9.08. The highest BCUT2D eigenvalue weighted by Crippen LogP contribution is 2.22. The van der Waals surface area contributed by atoms with Gasteiger partial charge in [0, 0.05) is 24.3 Å². The monoisotopic (exact) mass is 278 g/mol. The summed E-state index contributed by atoms with van der Waals surface area (Å²) in [6.07, 6.45) is 7.18. The van der Waals surface area contributed by atoms with Crippen LogP contribution < -0.4 is 0 Å². The molecule has 0 saturated heterocycles. The number of allylic oxidation sites excluding steroid dienone is 2. The van der Waals surface area contributed by atoms with Crippen LogP contribution in [-0.2, 0) is 11.3 Å². The molecule has 3 nitrogen and oxygen atoms in total. The Balaban J connectivity index is 1.93. The van der Waals surface area contributed by atoms with Gasteiger partial charge in [-0.1, -0.05) is 26.0 Å². The number of hydrogen-bond donors (Lipinski definition) is 0. The zero-order valence-corrected chi connectivity index (χ0v) is 12.7. The number of nitrogens with zero attached hydrogens (tertiary/aromatic N) is 2. The number of thiazole rings is 1. The van der Waals surface area contributed by atoms with Gasteiger partial charge in [0.1, 0.15) is 0 Å². The van der Waals surface area contributed by atoms with Gasteiger partial charge in [-0.3, -0.25) is 4.79 Å². The molecule has 1 aromatic rings. The number of aromatic nitrogens is 1. The molecule has 4 heteroatoms. The lowest BCUT2D eigenvalue weighted by Gasteiger charge is -2.23. The van der Waals surface area contributed by atoms with Crippen molar-refractivity contribution in [2.75, 3.05) is 7.05 Å². The quantitative estimate of drug-likeness (QED) is 0.789. The smallest absolute Gasteiger partial charge is 0.226 e. The van der Waals surface area contributed by atoms with Gasteiger partial charge in [-0.15, -0.1) is 11.3 Å². The summed E-state index contributed by atoms with van der Waals surface area (Å²) in [6.45, 7) is 4.92. The predicted octanol–water partition coefficient (Wildman–Crippen LogP) is 3.58. The molecule has 1 atom stereocenters. The Morgan fingerprint density at radius 1 is 1.53 bits per heavy atom. The van der Waals surface area contributed by atoms with Gasteiger partial charge < -0.3 is 4.90 Å². The van der Waals surface area contributed by atoms with E-state index < -0.39 is 0 Å². The van der Waals surface area contributed by atoms with Crippen molar-refractivity contribution in [3.8, 4) is 0 Å².